The summed E-state index contributed by atoms with van der Waals surface area (Å²) < 4.78 is 17.1. The van der Waals surface area contributed by atoms with Gasteiger partial charge >= 0.3 is 0 Å². The van der Waals surface area contributed by atoms with Crippen LogP contribution < -0.4 is 24.4 Å². The first kappa shape index (κ1) is 21.7. The molecule has 7 nitrogen and oxygen atoms in total. The smallest absolute Gasteiger partial charge is 0.251 e. The summed E-state index contributed by atoms with van der Waals surface area (Å²) in [5.74, 6) is 1.77. The summed E-state index contributed by atoms with van der Waals surface area (Å²) in [5, 5.41) is 5.13. The second kappa shape index (κ2) is 8.27. The van der Waals surface area contributed by atoms with Gasteiger partial charge in [-0.3, -0.25) is 9.59 Å². The van der Waals surface area contributed by atoms with Gasteiger partial charge in [0.25, 0.3) is 5.91 Å². The average Bonchev–Trinajstić information content (AvgIpc) is 3.61. The van der Waals surface area contributed by atoms with Crippen molar-refractivity contribution in [3.8, 4) is 17.2 Å². The van der Waals surface area contributed by atoms with Crippen LogP contribution in [0.4, 0.5) is 5.69 Å². The number of nitrogens with zero attached hydrogens (tertiary/aromatic N) is 1. The fraction of sp³-hybridized carbons (Fsp3) is 0.200. The van der Waals surface area contributed by atoms with Gasteiger partial charge in [-0.2, -0.15) is 0 Å². The van der Waals surface area contributed by atoms with E-state index in [0.29, 0.717) is 42.3 Å². The predicted octanol–water partition coefficient (Wildman–Crippen LogP) is 4.41. The Kier molecular flexibility index (Phi) is 4.86. The Bertz CT molecular complexity index is 1580. The average molecular weight is 493 g/mol. The van der Waals surface area contributed by atoms with Crippen molar-refractivity contribution in [3.05, 3.63) is 95.6 Å². The molecule has 1 spiro atoms. The van der Waals surface area contributed by atoms with Crippen molar-refractivity contribution in [2.75, 3.05) is 31.4 Å². The molecule has 0 radical (unpaired) electrons. The molecule has 7 rings (SSSR count). The number of hydrogen-bond donors (Lipinski definition) is 1. The van der Waals surface area contributed by atoms with Gasteiger partial charge in [0, 0.05) is 36.0 Å². The lowest BCUT2D eigenvalue weighted by Gasteiger charge is -2.23. The maximum absolute atomic E-state index is 14.0. The number of para-hydroxylation sites is 1. The van der Waals surface area contributed by atoms with Gasteiger partial charge in [0.1, 0.15) is 17.8 Å². The Morgan fingerprint density at radius 2 is 1.62 bits per heavy atom. The highest BCUT2D eigenvalue weighted by molar-refractivity contribution is 6.11. The van der Waals surface area contributed by atoms with Gasteiger partial charge in [-0.05, 0) is 47.0 Å². The third kappa shape index (κ3) is 3.27. The summed E-state index contributed by atoms with van der Waals surface area (Å²) in [6.07, 6.45) is 0.615. The van der Waals surface area contributed by atoms with Crippen LogP contribution in [0.3, 0.4) is 0 Å². The lowest BCUT2D eigenvalue weighted by atomic mass is 9.77. The highest BCUT2D eigenvalue weighted by Crippen LogP contribution is 2.54. The minimum Gasteiger partial charge on any atom is -0.491 e. The van der Waals surface area contributed by atoms with Crippen LogP contribution in [0.5, 0.6) is 17.2 Å². The molecule has 0 saturated carbocycles. The van der Waals surface area contributed by atoms with E-state index in [-0.39, 0.29) is 25.2 Å². The lowest BCUT2D eigenvalue weighted by Crippen LogP contribution is -2.43. The fourth-order valence-corrected chi connectivity index (χ4v) is 5.66. The van der Waals surface area contributed by atoms with E-state index in [9.17, 15) is 9.59 Å². The summed E-state index contributed by atoms with van der Waals surface area (Å²) in [5.41, 5.74) is 2.32. The Hall–Kier alpha value is -4.52. The van der Waals surface area contributed by atoms with Crippen LogP contribution in [-0.2, 0) is 10.2 Å². The largest absolute Gasteiger partial charge is 0.491 e. The van der Waals surface area contributed by atoms with E-state index >= 15 is 0 Å². The van der Waals surface area contributed by atoms with Crippen molar-refractivity contribution < 1.29 is 23.8 Å². The van der Waals surface area contributed by atoms with E-state index in [1.54, 1.807) is 0 Å². The number of fused-ring (bicyclic) bond motifs is 6. The third-order valence-electron chi connectivity index (χ3n) is 7.50. The third-order valence-corrected chi connectivity index (χ3v) is 7.50. The summed E-state index contributed by atoms with van der Waals surface area (Å²) in [6.45, 7) is 1.33. The molecule has 3 aliphatic rings. The van der Waals surface area contributed by atoms with E-state index in [2.05, 4.69) is 5.32 Å². The Morgan fingerprint density at radius 3 is 2.51 bits per heavy atom. The van der Waals surface area contributed by atoms with Crippen molar-refractivity contribution in [1.82, 2.24) is 5.32 Å². The van der Waals surface area contributed by atoms with Gasteiger partial charge in [0.05, 0.1) is 0 Å². The van der Waals surface area contributed by atoms with Gasteiger partial charge in [0.15, 0.2) is 11.5 Å². The molecule has 2 amide bonds. The van der Waals surface area contributed by atoms with Gasteiger partial charge in [-0.25, -0.2) is 0 Å². The predicted molar refractivity (Wildman–Crippen MR) is 139 cm³/mol. The van der Waals surface area contributed by atoms with Crippen LogP contribution in [0.15, 0.2) is 78.9 Å². The lowest BCUT2D eigenvalue weighted by molar-refractivity contribution is -0.122. The van der Waals surface area contributed by atoms with E-state index in [1.807, 2.05) is 83.8 Å². The maximum atomic E-state index is 14.0. The molecule has 0 fully saturated rings. The standard InChI is InChI=1S/C30H24N2O5/c33-28(21-11-10-19-6-1-2-7-20(19)14-21)31-12-5-13-32-24-9-4-3-8-22(24)30(29(32)34)17-35-25-16-27-26(15-23(25)30)36-18-37-27/h1-4,6-11,14-16H,5,12-13,17-18H2,(H,31,33). The van der Waals surface area contributed by atoms with Gasteiger partial charge < -0.3 is 24.4 Å². The first-order valence-electron chi connectivity index (χ1n) is 12.4. The number of amides is 2. The normalized spacial score (nSPS) is 18.7. The molecule has 4 aromatic carbocycles. The number of benzene rings is 4. The zero-order valence-corrected chi connectivity index (χ0v) is 20.0. The maximum Gasteiger partial charge on any atom is 0.251 e. The molecule has 0 bridgehead atoms. The molecule has 1 unspecified atom stereocenters. The fourth-order valence-electron chi connectivity index (χ4n) is 5.66. The van der Waals surface area contributed by atoms with Crippen LogP contribution >= 0.6 is 0 Å². The second-order valence-corrected chi connectivity index (χ2v) is 9.54. The SMILES string of the molecule is O=C(NCCCN1C(=O)C2(COc3cc4c(cc32)OCO4)c2ccccc21)c1ccc2ccccc2c1. The molecule has 37 heavy (non-hydrogen) atoms. The first-order chi connectivity index (χ1) is 18.1. The number of rotatable bonds is 5. The van der Waals surface area contributed by atoms with Crippen LogP contribution in [0.25, 0.3) is 10.8 Å². The van der Waals surface area contributed by atoms with Crippen molar-refractivity contribution in [2.24, 2.45) is 0 Å². The summed E-state index contributed by atoms with van der Waals surface area (Å²) in [6, 6.07) is 25.2. The molecule has 3 heterocycles. The van der Waals surface area contributed by atoms with Crippen LogP contribution in [0, 0.1) is 0 Å². The molecule has 0 aromatic heterocycles. The van der Waals surface area contributed by atoms with Crippen molar-refractivity contribution in [1.29, 1.82) is 0 Å². The number of ether oxygens (including phenoxy) is 3. The Labute approximate surface area is 213 Å². The minimum absolute atomic E-state index is 0.0211. The molecular formula is C30H24N2O5. The molecule has 0 aliphatic carbocycles. The molecule has 184 valence electrons. The topological polar surface area (TPSA) is 77.1 Å². The van der Waals surface area contributed by atoms with Crippen LogP contribution in [0.2, 0.25) is 0 Å². The molecule has 0 saturated heterocycles. The molecule has 4 aromatic rings. The van der Waals surface area contributed by atoms with Crippen molar-refractivity contribution in [2.45, 2.75) is 11.8 Å². The molecular weight excluding hydrogens is 468 g/mol. The number of carbonyl (C=O) groups is 2. The quantitative estimate of drug-likeness (QED) is 0.418. The van der Waals surface area contributed by atoms with E-state index in [1.165, 1.54) is 0 Å². The number of carbonyl (C=O) groups excluding carboxylic acids is 2. The number of hydrogen-bond acceptors (Lipinski definition) is 5. The number of nitrogens with one attached hydrogen (secondary N) is 1. The van der Waals surface area contributed by atoms with Crippen molar-refractivity contribution in [3.63, 3.8) is 0 Å². The first-order valence-corrected chi connectivity index (χ1v) is 12.4. The monoisotopic (exact) mass is 492 g/mol. The highest BCUT2D eigenvalue weighted by atomic mass is 16.7. The Balaban J connectivity index is 1.09. The zero-order chi connectivity index (χ0) is 25.0. The van der Waals surface area contributed by atoms with Gasteiger partial charge in [-0.1, -0.05) is 48.5 Å². The van der Waals surface area contributed by atoms with E-state index < -0.39 is 5.41 Å². The summed E-state index contributed by atoms with van der Waals surface area (Å²) in [7, 11) is 0. The minimum atomic E-state index is -0.915. The van der Waals surface area contributed by atoms with Crippen LogP contribution in [0.1, 0.15) is 27.9 Å². The number of anilines is 1. The Morgan fingerprint density at radius 1 is 0.838 bits per heavy atom. The summed E-state index contributed by atoms with van der Waals surface area (Å²) >= 11 is 0. The van der Waals surface area contributed by atoms with Crippen LogP contribution in [-0.4, -0.2) is 38.3 Å². The zero-order valence-electron chi connectivity index (χ0n) is 20.0. The van der Waals surface area contributed by atoms with Gasteiger partial charge in [-0.15, -0.1) is 0 Å². The summed E-state index contributed by atoms with van der Waals surface area (Å²) in [4.78, 5) is 28.6. The molecule has 3 aliphatic heterocycles. The second-order valence-electron chi connectivity index (χ2n) is 9.54. The van der Waals surface area contributed by atoms with Gasteiger partial charge in [0.2, 0.25) is 12.7 Å². The highest BCUT2D eigenvalue weighted by Gasteiger charge is 2.57. The van der Waals surface area contributed by atoms with E-state index in [0.717, 1.165) is 27.6 Å². The molecule has 7 heteroatoms. The molecule has 1 N–H and O–H groups in total. The van der Waals surface area contributed by atoms with E-state index in [4.69, 9.17) is 14.2 Å². The molecule has 1 atom stereocenters. The van der Waals surface area contributed by atoms with Crippen molar-refractivity contribution >= 4 is 28.3 Å².